The number of nitrogens with zero attached hydrogens (tertiary/aromatic N) is 4. The fourth-order valence-corrected chi connectivity index (χ4v) is 3.82. The summed E-state index contributed by atoms with van der Waals surface area (Å²) in [6, 6.07) is 6.57. The predicted octanol–water partition coefficient (Wildman–Crippen LogP) is 2.23. The predicted molar refractivity (Wildman–Crippen MR) is 122 cm³/mol. The number of fused-ring (bicyclic) bond motifs is 1. The number of primary amides is 1. The van der Waals surface area contributed by atoms with Crippen molar-refractivity contribution in [3.63, 3.8) is 0 Å². The molecule has 2 aromatic carbocycles. The van der Waals surface area contributed by atoms with Gasteiger partial charge in [-0.2, -0.15) is 4.98 Å². The highest BCUT2D eigenvalue weighted by molar-refractivity contribution is 6.31. The summed E-state index contributed by atoms with van der Waals surface area (Å²) in [5.41, 5.74) is 5.59. The quantitative estimate of drug-likeness (QED) is 0.547. The molecular weight excluding hydrogens is 488 g/mol. The van der Waals surface area contributed by atoms with Crippen molar-refractivity contribution in [3.8, 4) is 11.6 Å². The topological polar surface area (TPSA) is 131 Å². The summed E-state index contributed by atoms with van der Waals surface area (Å²) in [5, 5.41) is 8.82. The number of carbonyl (C=O) groups is 2. The number of aromatic nitrogens is 2. The lowest BCUT2D eigenvalue weighted by atomic mass is 10.2. The lowest BCUT2D eigenvalue weighted by molar-refractivity contribution is -0.121. The second-order valence-corrected chi connectivity index (χ2v) is 7.88. The first-order chi connectivity index (χ1) is 16.6. The molecule has 0 saturated heterocycles. The molecule has 2 heterocycles. The molecule has 3 aromatic rings. The van der Waals surface area contributed by atoms with Gasteiger partial charge in [-0.05, 0) is 37.3 Å². The normalized spacial score (nSPS) is 12.6. The lowest BCUT2D eigenvalue weighted by Crippen LogP contribution is -2.42. The van der Waals surface area contributed by atoms with Crippen LogP contribution in [0.1, 0.15) is 11.4 Å². The van der Waals surface area contributed by atoms with Crippen LogP contribution in [0.4, 0.5) is 25.0 Å². The van der Waals surface area contributed by atoms with Crippen molar-refractivity contribution in [1.82, 2.24) is 9.55 Å². The van der Waals surface area contributed by atoms with E-state index in [0.717, 1.165) is 15.5 Å². The van der Waals surface area contributed by atoms with Gasteiger partial charge in [0.15, 0.2) is 5.02 Å². The van der Waals surface area contributed by atoms with Gasteiger partial charge in [-0.3, -0.25) is 24.0 Å². The van der Waals surface area contributed by atoms with Gasteiger partial charge in [0.25, 0.3) is 11.5 Å². The molecule has 1 aliphatic rings. The first kappa shape index (κ1) is 24.1. The van der Waals surface area contributed by atoms with Crippen molar-refractivity contribution in [3.05, 3.63) is 74.8 Å². The molecule has 0 fully saturated rings. The number of amides is 3. The molecule has 3 amide bonds. The van der Waals surface area contributed by atoms with E-state index < -0.39 is 35.7 Å². The zero-order valence-corrected chi connectivity index (χ0v) is 18.9. The first-order valence-corrected chi connectivity index (χ1v) is 10.5. The van der Waals surface area contributed by atoms with E-state index in [2.05, 4.69) is 4.98 Å². The zero-order chi connectivity index (χ0) is 25.4. The number of aliphatic hydroxyl groups excluding tert-OH is 1. The highest BCUT2D eigenvalue weighted by Gasteiger charge is 2.33. The third-order valence-corrected chi connectivity index (χ3v) is 5.65. The molecule has 3 N–H and O–H groups in total. The van der Waals surface area contributed by atoms with Crippen molar-refractivity contribution in [2.45, 2.75) is 13.5 Å². The van der Waals surface area contributed by atoms with E-state index in [0.29, 0.717) is 11.8 Å². The molecule has 182 valence electrons. The average Bonchev–Trinajstić information content (AvgIpc) is 3.20. The summed E-state index contributed by atoms with van der Waals surface area (Å²) in [6.45, 7) is 0.189. The van der Waals surface area contributed by atoms with Crippen LogP contribution in [0.3, 0.4) is 0 Å². The molecule has 0 saturated carbocycles. The summed E-state index contributed by atoms with van der Waals surface area (Å²) in [4.78, 5) is 43.5. The zero-order valence-electron chi connectivity index (χ0n) is 18.2. The largest absolute Gasteiger partial charge is 0.471 e. The molecule has 13 heteroatoms. The van der Waals surface area contributed by atoms with Gasteiger partial charge < -0.3 is 15.6 Å². The van der Waals surface area contributed by atoms with Crippen LogP contribution in [0.25, 0.3) is 5.69 Å². The van der Waals surface area contributed by atoms with E-state index in [1.165, 1.54) is 36.1 Å². The Balaban J connectivity index is 1.70. The van der Waals surface area contributed by atoms with E-state index in [1.807, 2.05) is 0 Å². The van der Waals surface area contributed by atoms with Crippen LogP contribution in [0.5, 0.6) is 5.88 Å². The van der Waals surface area contributed by atoms with Crippen LogP contribution in [-0.2, 0) is 11.4 Å². The maximum absolute atomic E-state index is 13.9. The Morgan fingerprint density at radius 2 is 1.91 bits per heavy atom. The van der Waals surface area contributed by atoms with Crippen molar-refractivity contribution in [2.75, 3.05) is 23.1 Å². The molecule has 35 heavy (non-hydrogen) atoms. The molecule has 1 aromatic heterocycles. The Morgan fingerprint density at radius 1 is 1.17 bits per heavy atom. The van der Waals surface area contributed by atoms with E-state index in [-0.39, 0.29) is 46.9 Å². The molecule has 1 aliphatic heterocycles. The van der Waals surface area contributed by atoms with Crippen LogP contribution in [0.2, 0.25) is 5.02 Å². The van der Waals surface area contributed by atoms with Gasteiger partial charge in [-0.1, -0.05) is 11.6 Å². The number of anilines is 2. The fourth-order valence-electron chi connectivity index (χ4n) is 3.64. The molecular formula is C22H18ClF2N5O5. The second kappa shape index (κ2) is 9.31. The molecule has 0 atom stereocenters. The fraction of sp³-hybridized carbons (Fsp3) is 0.182. The minimum Gasteiger partial charge on any atom is -0.471 e. The van der Waals surface area contributed by atoms with Crippen LogP contribution >= 0.6 is 11.6 Å². The highest BCUT2D eigenvalue weighted by Crippen LogP contribution is 2.37. The third kappa shape index (κ3) is 4.40. The lowest BCUT2D eigenvalue weighted by Gasteiger charge is -2.16. The smallest absolute Gasteiger partial charge is 0.320 e. The van der Waals surface area contributed by atoms with E-state index in [9.17, 15) is 28.3 Å². The Labute approximate surface area is 201 Å². The molecule has 0 radical (unpaired) electrons. The molecule has 10 nitrogen and oxygen atoms in total. The Kier molecular flexibility index (Phi) is 6.41. The van der Waals surface area contributed by atoms with E-state index >= 15 is 0 Å². The Bertz CT molecular complexity index is 1410. The maximum Gasteiger partial charge on any atom is 0.320 e. The van der Waals surface area contributed by atoms with E-state index in [1.54, 1.807) is 0 Å². The number of nitrogens with two attached hydrogens (primary N) is 1. The minimum absolute atomic E-state index is 0.0400. The van der Waals surface area contributed by atoms with Crippen LogP contribution in [-0.4, -0.2) is 39.9 Å². The number of hydrogen-bond donors (Lipinski definition) is 2. The van der Waals surface area contributed by atoms with Crippen LogP contribution in [0.15, 0.2) is 41.2 Å². The van der Waals surface area contributed by atoms with E-state index in [4.69, 9.17) is 22.1 Å². The van der Waals surface area contributed by atoms with Gasteiger partial charge in [-0.25, -0.2) is 13.6 Å². The second-order valence-electron chi connectivity index (χ2n) is 7.50. The monoisotopic (exact) mass is 505 g/mol. The Hall–Kier alpha value is -4.03. The number of urea groups is 1. The number of hydrogen-bond acceptors (Lipinski definition) is 6. The average molecular weight is 506 g/mol. The summed E-state index contributed by atoms with van der Waals surface area (Å²) < 4.78 is 33.6. The van der Waals surface area contributed by atoms with Crippen molar-refractivity contribution in [2.24, 2.45) is 5.73 Å². The number of ether oxygens (including phenoxy) is 1. The summed E-state index contributed by atoms with van der Waals surface area (Å²) >= 11 is 6.19. The summed E-state index contributed by atoms with van der Waals surface area (Å²) in [7, 11) is 0. The minimum atomic E-state index is -0.839. The van der Waals surface area contributed by atoms with Gasteiger partial charge in [0, 0.05) is 11.6 Å². The van der Waals surface area contributed by atoms with Crippen LogP contribution in [0, 0.1) is 18.6 Å². The summed E-state index contributed by atoms with van der Waals surface area (Å²) in [5.74, 6) is -2.29. The molecule has 0 bridgehead atoms. The number of aryl methyl sites for hydroxylation is 1. The number of carbonyl (C=O) groups excluding carboxylic acids is 2. The molecule has 0 unspecified atom stereocenters. The summed E-state index contributed by atoms with van der Waals surface area (Å²) in [6.07, 6.45) is 0. The SMILES string of the molecule is Cc1nc(OCc2ccc(F)cc2F)c(Cl)c(=O)n1-c1ccc2c(c1)N(C(N)=O)CN2C(=O)CO. The number of halogens is 3. The number of rotatable bonds is 5. The van der Waals surface area contributed by atoms with Gasteiger partial charge in [0.1, 0.15) is 37.3 Å². The molecule has 0 aliphatic carbocycles. The van der Waals surface area contributed by atoms with Crippen molar-refractivity contribution in [1.29, 1.82) is 0 Å². The van der Waals surface area contributed by atoms with Gasteiger partial charge >= 0.3 is 6.03 Å². The van der Waals surface area contributed by atoms with Gasteiger partial charge in [0.2, 0.25) is 5.88 Å². The number of aliphatic hydroxyl groups is 1. The first-order valence-electron chi connectivity index (χ1n) is 10.1. The Morgan fingerprint density at radius 3 is 2.57 bits per heavy atom. The standard InChI is InChI=1S/C22H18ClF2N5O5/c1-11-27-20(35-9-12-2-3-13(24)6-15(12)25)19(23)21(33)30(11)14-4-5-16-17(7-14)29(22(26)34)10-28(16)18(32)8-31/h2-7,31H,8-10H2,1H3,(H2,26,34). The van der Waals surface area contributed by atoms with Crippen molar-refractivity contribution >= 4 is 34.9 Å². The van der Waals surface area contributed by atoms with Gasteiger partial charge in [0.05, 0.1) is 17.1 Å². The van der Waals surface area contributed by atoms with Crippen LogP contribution < -0.4 is 25.8 Å². The third-order valence-electron chi connectivity index (χ3n) is 5.33. The number of benzene rings is 2. The maximum atomic E-state index is 13.9. The highest BCUT2D eigenvalue weighted by atomic mass is 35.5. The molecule has 0 spiro atoms. The van der Waals surface area contributed by atoms with Crippen molar-refractivity contribution < 1.29 is 28.2 Å². The molecule has 4 rings (SSSR count). The van der Waals surface area contributed by atoms with Gasteiger partial charge in [-0.15, -0.1) is 0 Å².